The summed E-state index contributed by atoms with van der Waals surface area (Å²) >= 11 is 4.87. The summed E-state index contributed by atoms with van der Waals surface area (Å²) < 4.78 is 0. The van der Waals surface area contributed by atoms with Crippen LogP contribution in [0.4, 0.5) is 0 Å². The largest absolute Gasteiger partial charge is 0.393 e. The summed E-state index contributed by atoms with van der Waals surface area (Å²) in [4.78, 5) is 2.69. The van der Waals surface area contributed by atoms with Gasteiger partial charge in [0.15, 0.2) is 0 Å². The first-order valence-corrected chi connectivity index (χ1v) is 5.00. The third kappa shape index (κ3) is 6.93. The normalized spacial score (nSPS) is 15.8. The van der Waals surface area contributed by atoms with Crippen LogP contribution in [0.2, 0.25) is 0 Å². The van der Waals surface area contributed by atoms with Gasteiger partial charge in [0.25, 0.3) is 0 Å². The van der Waals surface area contributed by atoms with Crippen LogP contribution in [0.5, 0.6) is 0 Å². The Morgan fingerprint density at radius 1 is 1.54 bits per heavy atom. The average Bonchev–Trinajstić information content (AvgIpc) is 2.00. The zero-order chi connectivity index (χ0) is 10.4. The van der Waals surface area contributed by atoms with Crippen molar-refractivity contribution in [2.24, 2.45) is 11.7 Å². The van der Waals surface area contributed by atoms with Gasteiger partial charge in [-0.25, -0.2) is 0 Å². The molecule has 0 amide bonds. The molecule has 2 atom stereocenters. The van der Waals surface area contributed by atoms with E-state index in [1.807, 2.05) is 14.0 Å². The van der Waals surface area contributed by atoms with E-state index in [2.05, 4.69) is 4.90 Å². The van der Waals surface area contributed by atoms with Gasteiger partial charge >= 0.3 is 0 Å². The predicted molar refractivity (Wildman–Crippen MR) is 59.7 cm³/mol. The fourth-order valence-corrected chi connectivity index (χ4v) is 1.13. The van der Waals surface area contributed by atoms with Crippen molar-refractivity contribution in [1.29, 1.82) is 0 Å². The summed E-state index contributed by atoms with van der Waals surface area (Å²) in [5.74, 6) is 0.244. The maximum Gasteiger partial charge on any atom is 0.0768 e. The summed E-state index contributed by atoms with van der Waals surface area (Å²) in [6.07, 6.45) is 0.558. The molecule has 0 bridgehead atoms. The first-order chi connectivity index (χ1) is 5.93. The van der Waals surface area contributed by atoms with Crippen molar-refractivity contribution in [1.82, 2.24) is 4.90 Å². The lowest BCUT2D eigenvalue weighted by atomic mass is 10.1. The minimum atomic E-state index is -0.234. The molecule has 0 rings (SSSR count). The number of hydrogen-bond donors (Lipinski definition) is 2. The van der Waals surface area contributed by atoms with Crippen LogP contribution in [0.25, 0.3) is 0 Å². The van der Waals surface area contributed by atoms with Gasteiger partial charge in [-0.1, -0.05) is 19.1 Å². The highest BCUT2D eigenvalue weighted by Gasteiger charge is 2.08. The maximum absolute atomic E-state index is 9.07. The number of thiocarbonyl (C=S) groups is 1. The smallest absolute Gasteiger partial charge is 0.0768 e. The van der Waals surface area contributed by atoms with Gasteiger partial charge in [-0.05, 0) is 20.4 Å². The Balaban J connectivity index is 3.61. The van der Waals surface area contributed by atoms with Crippen LogP contribution >= 0.6 is 12.2 Å². The van der Waals surface area contributed by atoms with Crippen molar-refractivity contribution in [3.05, 3.63) is 0 Å². The molecule has 3 N–H and O–H groups in total. The average molecular weight is 204 g/mol. The number of nitrogens with zero attached hydrogens (tertiary/aromatic N) is 1. The molecule has 0 saturated carbocycles. The summed E-state index contributed by atoms with van der Waals surface area (Å²) in [5.41, 5.74) is 5.50. The third-order valence-electron chi connectivity index (χ3n) is 2.00. The van der Waals surface area contributed by atoms with E-state index in [4.69, 9.17) is 23.1 Å². The molecule has 0 aromatic carbocycles. The molecule has 78 valence electrons. The van der Waals surface area contributed by atoms with Crippen LogP contribution in [0, 0.1) is 5.92 Å². The van der Waals surface area contributed by atoms with E-state index in [-0.39, 0.29) is 12.0 Å². The zero-order valence-electron chi connectivity index (χ0n) is 8.66. The lowest BCUT2D eigenvalue weighted by Crippen LogP contribution is -2.32. The van der Waals surface area contributed by atoms with E-state index in [0.29, 0.717) is 4.99 Å². The zero-order valence-corrected chi connectivity index (χ0v) is 9.47. The highest BCUT2D eigenvalue weighted by atomic mass is 32.1. The van der Waals surface area contributed by atoms with Gasteiger partial charge in [-0.2, -0.15) is 0 Å². The van der Waals surface area contributed by atoms with Gasteiger partial charge in [-0.15, -0.1) is 0 Å². The molecular formula is C9H20N2OS. The van der Waals surface area contributed by atoms with E-state index in [1.165, 1.54) is 0 Å². The quantitative estimate of drug-likeness (QED) is 0.623. The number of rotatable bonds is 6. The topological polar surface area (TPSA) is 49.5 Å². The molecule has 0 saturated heterocycles. The van der Waals surface area contributed by atoms with Gasteiger partial charge in [0, 0.05) is 19.0 Å². The highest BCUT2D eigenvalue weighted by molar-refractivity contribution is 7.80. The molecule has 0 fully saturated rings. The third-order valence-corrected chi connectivity index (χ3v) is 2.40. The number of nitrogens with two attached hydrogens (primary N) is 1. The highest BCUT2D eigenvalue weighted by Crippen LogP contribution is 2.00. The molecular weight excluding hydrogens is 184 g/mol. The summed E-state index contributed by atoms with van der Waals surface area (Å²) in [5, 5.41) is 9.07. The molecule has 0 aromatic rings. The monoisotopic (exact) mass is 204 g/mol. The Morgan fingerprint density at radius 2 is 2.08 bits per heavy atom. The SMILES string of the molecule is CC(O)CCN(C)CC(C)C(N)=S. The van der Waals surface area contributed by atoms with Crippen LogP contribution in [-0.2, 0) is 0 Å². The molecule has 13 heavy (non-hydrogen) atoms. The second-order valence-electron chi connectivity index (χ2n) is 3.70. The molecule has 2 unspecified atom stereocenters. The fraction of sp³-hybridized carbons (Fsp3) is 0.889. The molecule has 0 aliphatic heterocycles. The van der Waals surface area contributed by atoms with Crippen molar-refractivity contribution >= 4 is 17.2 Å². The van der Waals surface area contributed by atoms with E-state index < -0.39 is 0 Å². The summed E-state index contributed by atoms with van der Waals surface area (Å²) in [6.45, 7) is 5.55. The Bertz CT molecular complexity index is 162. The molecule has 0 radical (unpaired) electrons. The number of hydrogen-bond acceptors (Lipinski definition) is 3. The minimum absolute atomic E-state index is 0.234. The van der Waals surface area contributed by atoms with Crippen molar-refractivity contribution < 1.29 is 5.11 Å². The molecule has 0 aliphatic rings. The van der Waals surface area contributed by atoms with Gasteiger partial charge in [-0.3, -0.25) is 0 Å². The lowest BCUT2D eigenvalue weighted by Gasteiger charge is -2.20. The number of aliphatic hydroxyl groups is 1. The Labute approximate surface area is 85.9 Å². The molecule has 0 spiro atoms. The van der Waals surface area contributed by atoms with Crippen molar-refractivity contribution in [3.8, 4) is 0 Å². The van der Waals surface area contributed by atoms with E-state index in [1.54, 1.807) is 6.92 Å². The first kappa shape index (κ1) is 12.8. The second kappa shape index (κ2) is 6.29. The minimum Gasteiger partial charge on any atom is -0.393 e. The first-order valence-electron chi connectivity index (χ1n) is 4.59. The van der Waals surface area contributed by atoms with Crippen molar-refractivity contribution in [2.75, 3.05) is 20.1 Å². The van der Waals surface area contributed by atoms with E-state index >= 15 is 0 Å². The summed E-state index contributed by atoms with van der Waals surface area (Å²) in [6, 6.07) is 0. The van der Waals surface area contributed by atoms with Gasteiger partial charge in [0.1, 0.15) is 0 Å². The Hall–Kier alpha value is -0.190. The molecule has 0 heterocycles. The molecule has 0 aromatic heterocycles. The predicted octanol–water partition coefficient (Wildman–Crippen LogP) is 0.611. The van der Waals surface area contributed by atoms with Gasteiger partial charge in [0.05, 0.1) is 11.1 Å². The van der Waals surface area contributed by atoms with E-state index in [9.17, 15) is 0 Å². The Morgan fingerprint density at radius 3 is 2.46 bits per heavy atom. The molecule has 0 aliphatic carbocycles. The number of aliphatic hydroxyl groups excluding tert-OH is 1. The fourth-order valence-electron chi connectivity index (χ4n) is 1.06. The van der Waals surface area contributed by atoms with Crippen molar-refractivity contribution in [2.45, 2.75) is 26.4 Å². The van der Waals surface area contributed by atoms with Crippen LogP contribution < -0.4 is 5.73 Å². The maximum atomic E-state index is 9.07. The Kier molecular flexibility index (Phi) is 6.20. The summed E-state index contributed by atoms with van der Waals surface area (Å²) in [7, 11) is 2.01. The lowest BCUT2D eigenvalue weighted by molar-refractivity contribution is 0.162. The second-order valence-corrected chi connectivity index (χ2v) is 4.17. The standard InChI is InChI=1S/C9H20N2OS/c1-7(9(10)13)6-11(3)5-4-8(2)12/h7-8,12H,4-6H2,1-3H3,(H2,10,13). The van der Waals surface area contributed by atoms with Gasteiger partial charge < -0.3 is 15.7 Å². The van der Waals surface area contributed by atoms with Crippen LogP contribution in [0.3, 0.4) is 0 Å². The molecule has 3 nitrogen and oxygen atoms in total. The molecule has 4 heteroatoms. The van der Waals surface area contributed by atoms with E-state index in [0.717, 1.165) is 19.5 Å². The van der Waals surface area contributed by atoms with Crippen molar-refractivity contribution in [3.63, 3.8) is 0 Å². The van der Waals surface area contributed by atoms with Crippen LogP contribution in [-0.4, -0.2) is 41.2 Å². The van der Waals surface area contributed by atoms with Gasteiger partial charge in [0.2, 0.25) is 0 Å². The van der Waals surface area contributed by atoms with Crippen LogP contribution in [0.15, 0.2) is 0 Å². The van der Waals surface area contributed by atoms with Crippen LogP contribution in [0.1, 0.15) is 20.3 Å².